The van der Waals surface area contributed by atoms with Crippen LogP contribution in [0, 0.1) is 35.0 Å². The predicted octanol–water partition coefficient (Wildman–Crippen LogP) is 6.86. The van der Waals surface area contributed by atoms with E-state index in [1.54, 1.807) is 0 Å². The first-order valence-electron chi connectivity index (χ1n) is 12.6. The van der Waals surface area contributed by atoms with Crippen LogP contribution in [0.5, 0.6) is 0 Å². The van der Waals surface area contributed by atoms with Gasteiger partial charge in [0.1, 0.15) is 0 Å². The van der Waals surface area contributed by atoms with Gasteiger partial charge in [0.15, 0.2) is 0 Å². The smallest absolute Gasteiger partial charge is 0.312 e. The molecule has 2 aliphatic carbocycles. The maximum absolute atomic E-state index is 13.7. The Morgan fingerprint density at radius 3 is 1.87 bits per heavy atom. The van der Waals surface area contributed by atoms with Gasteiger partial charge in [-0.25, -0.2) is 0 Å². The van der Waals surface area contributed by atoms with Gasteiger partial charge in [0, 0.05) is 0 Å². The fourth-order valence-electron chi connectivity index (χ4n) is 6.02. The number of carbonyl (C=O) groups excluding carboxylic acids is 1. The lowest BCUT2D eigenvalue weighted by atomic mass is 9.61. The molecule has 174 valence electrons. The van der Waals surface area contributed by atoms with Crippen molar-refractivity contribution in [2.45, 2.75) is 111 Å². The molecule has 0 amide bonds. The zero-order valence-electron chi connectivity index (χ0n) is 20.0. The van der Waals surface area contributed by atoms with Crippen molar-refractivity contribution in [2.75, 3.05) is 6.61 Å². The summed E-state index contributed by atoms with van der Waals surface area (Å²) in [4.78, 5) is 26.4. The molecule has 0 aromatic heterocycles. The zero-order valence-corrected chi connectivity index (χ0v) is 20.0. The Bertz CT molecular complexity index is 529. The first kappa shape index (κ1) is 25.2. The molecule has 0 saturated heterocycles. The van der Waals surface area contributed by atoms with E-state index < -0.39 is 17.3 Å². The standard InChI is InChI=1S/C26H46O4/c1-19(2)16-26(25(29)30-18-20(3)4,17-22-13-9-6-10-14-22)23(24(27)28)15-21-11-7-5-8-12-21/h19-23H,5-18H2,1-4H3,(H,27,28). The summed E-state index contributed by atoms with van der Waals surface area (Å²) in [6.07, 6.45) is 13.7. The molecule has 2 aliphatic rings. The van der Waals surface area contributed by atoms with Gasteiger partial charge in [0.2, 0.25) is 0 Å². The minimum atomic E-state index is -0.895. The number of carbonyl (C=O) groups is 2. The lowest BCUT2D eigenvalue weighted by Crippen LogP contribution is -2.47. The maximum Gasteiger partial charge on any atom is 0.312 e. The minimum absolute atomic E-state index is 0.237. The highest BCUT2D eigenvalue weighted by Gasteiger charge is 2.52. The fraction of sp³-hybridized carbons (Fsp3) is 0.923. The Morgan fingerprint density at radius 2 is 1.40 bits per heavy atom. The molecule has 2 atom stereocenters. The first-order valence-corrected chi connectivity index (χ1v) is 12.6. The molecular formula is C26H46O4. The zero-order chi connectivity index (χ0) is 22.1. The molecule has 0 aliphatic heterocycles. The van der Waals surface area contributed by atoms with Crippen molar-refractivity contribution >= 4 is 11.9 Å². The van der Waals surface area contributed by atoms with Crippen LogP contribution < -0.4 is 0 Å². The van der Waals surface area contributed by atoms with Crippen molar-refractivity contribution in [3.8, 4) is 0 Å². The molecule has 30 heavy (non-hydrogen) atoms. The molecule has 0 radical (unpaired) electrons. The van der Waals surface area contributed by atoms with Crippen molar-refractivity contribution < 1.29 is 19.4 Å². The van der Waals surface area contributed by atoms with E-state index in [1.165, 1.54) is 38.5 Å². The molecule has 2 rings (SSSR count). The summed E-state index contributed by atoms with van der Waals surface area (Å²) in [7, 11) is 0. The van der Waals surface area contributed by atoms with Crippen molar-refractivity contribution in [1.82, 2.24) is 0 Å². The number of hydrogen-bond acceptors (Lipinski definition) is 3. The summed E-state index contributed by atoms with van der Waals surface area (Å²) in [6.45, 7) is 8.68. The number of carboxylic acids is 1. The number of hydrogen-bond donors (Lipinski definition) is 1. The van der Waals surface area contributed by atoms with E-state index in [0.29, 0.717) is 37.7 Å². The molecule has 0 heterocycles. The van der Waals surface area contributed by atoms with Crippen molar-refractivity contribution in [1.29, 1.82) is 0 Å². The van der Waals surface area contributed by atoms with Crippen LogP contribution in [0.2, 0.25) is 0 Å². The van der Waals surface area contributed by atoms with Crippen LogP contribution in [0.3, 0.4) is 0 Å². The fourth-order valence-corrected chi connectivity index (χ4v) is 6.02. The quantitative estimate of drug-likeness (QED) is 0.369. The molecule has 0 aromatic rings. The normalized spacial score (nSPS) is 22.1. The van der Waals surface area contributed by atoms with Gasteiger partial charge in [0.05, 0.1) is 17.9 Å². The Kier molecular flexibility index (Phi) is 10.2. The SMILES string of the molecule is CC(C)COC(=O)C(CC(C)C)(CC1CCCCC1)C(CC1CCCCC1)C(=O)O. The third-order valence-corrected chi connectivity index (χ3v) is 7.36. The molecule has 4 nitrogen and oxygen atoms in total. The molecule has 1 N–H and O–H groups in total. The summed E-state index contributed by atoms with van der Waals surface area (Å²) in [5, 5.41) is 10.4. The maximum atomic E-state index is 13.7. The summed E-state index contributed by atoms with van der Waals surface area (Å²) in [5.74, 6) is -0.287. The van der Waals surface area contributed by atoms with Crippen molar-refractivity contribution in [3.05, 3.63) is 0 Å². The predicted molar refractivity (Wildman–Crippen MR) is 121 cm³/mol. The molecule has 2 unspecified atom stereocenters. The molecule has 0 bridgehead atoms. The van der Waals surface area contributed by atoms with Gasteiger partial charge in [-0.05, 0) is 42.9 Å². The number of carboxylic acid groups (broad SMARTS) is 1. The highest BCUT2D eigenvalue weighted by molar-refractivity contribution is 5.84. The van der Waals surface area contributed by atoms with Gasteiger partial charge in [0.25, 0.3) is 0 Å². The van der Waals surface area contributed by atoms with E-state index >= 15 is 0 Å². The third-order valence-electron chi connectivity index (χ3n) is 7.36. The Balaban J connectivity index is 2.37. The summed E-state index contributed by atoms with van der Waals surface area (Å²) in [5.41, 5.74) is -0.895. The van der Waals surface area contributed by atoms with Crippen molar-refractivity contribution in [2.24, 2.45) is 35.0 Å². The van der Waals surface area contributed by atoms with E-state index in [4.69, 9.17) is 4.74 Å². The van der Waals surface area contributed by atoms with Crippen molar-refractivity contribution in [3.63, 3.8) is 0 Å². The molecular weight excluding hydrogens is 376 g/mol. The Hall–Kier alpha value is -1.06. The molecule has 0 aromatic carbocycles. The van der Waals surface area contributed by atoms with E-state index in [0.717, 1.165) is 25.7 Å². The summed E-state index contributed by atoms with van der Waals surface area (Å²) < 4.78 is 5.83. The summed E-state index contributed by atoms with van der Waals surface area (Å²) >= 11 is 0. The van der Waals surface area contributed by atoms with Gasteiger partial charge in [-0.1, -0.05) is 91.9 Å². The van der Waals surface area contributed by atoms with E-state index in [2.05, 4.69) is 13.8 Å². The molecule has 2 fully saturated rings. The highest BCUT2D eigenvalue weighted by atomic mass is 16.5. The van der Waals surface area contributed by atoms with Gasteiger partial charge < -0.3 is 9.84 Å². The molecule has 0 spiro atoms. The Labute approximate surface area is 184 Å². The lowest BCUT2D eigenvalue weighted by Gasteiger charge is -2.42. The van der Waals surface area contributed by atoms with E-state index in [1.807, 2.05) is 13.8 Å². The van der Waals surface area contributed by atoms with Gasteiger partial charge in [-0.2, -0.15) is 0 Å². The number of ether oxygens (including phenoxy) is 1. The van der Waals surface area contributed by atoms with Crippen LogP contribution in [-0.2, 0) is 14.3 Å². The van der Waals surface area contributed by atoms with E-state index in [-0.39, 0.29) is 17.8 Å². The van der Waals surface area contributed by atoms with Gasteiger partial charge in [-0.15, -0.1) is 0 Å². The highest BCUT2D eigenvalue weighted by Crippen LogP contribution is 2.48. The topological polar surface area (TPSA) is 63.6 Å². The van der Waals surface area contributed by atoms with E-state index in [9.17, 15) is 14.7 Å². The lowest BCUT2D eigenvalue weighted by molar-refractivity contribution is -0.173. The van der Waals surface area contributed by atoms with Gasteiger partial charge >= 0.3 is 11.9 Å². The first-order chi connectivity index (χ1) is 14.2. The van der Waals surface area contributed by atoms with Crippen LogP contribution in [-0.4, -0.2) is 23.7 Å². The van der Waals surface area contributed by atoms with Crippen LogP contribution >= 0.6 is 0 Å². The minimum Gasteiger partial charge on any atom is -0.481 e. The second-order valence-corrected chi connectivity index (χ2v) is 11.1. The van der Waals surface area contributed by atoms with Crippen LogP contribution in [0.4, 0.5) is 0 Å². The number of rotatable bonds is 11. The largest absolute Gasteiger partial charge is 0.481 e. The Morgan fingerprint density at radius 1 is 0.867 bits per heavy atom. The third kappa shape index (κ3) is 7.27. The van der Waals surface area contributed by atoms with Gasteiger partial charge in [-0.3, -0.25) is 9.59 Å². The molecule has 4 heteroatoms. The average Bonchev–Trinajstić information content (AvgIpc) is 2.70. The number of aliphatic carboxylic acids is 1. The summed E-state index contributed by atoms with van der Waals surface area (Å²) in [6, 6.07) is 0. The molecule has 2 saturated carbocycles. The van der Waals surface area contributed by atoms with Crippen LogP contribution in [0.15, 0.2) is 0 Å². The van der Waals surface area contributed by atoms with Crippen LogP contribution in [0.1, 0.15) is 111 Å². The second kappa shape index (κ2) is 12.1. The monoisotopic (exact) mass is 422 g/mol. The van der Waals surface area contributed by atoms with Crippen LogP contribution in [0.25, 0.3) is 0 Å². The number of esters is 1. The second-order valence-electron chi connectivity index (χ2n) is 11.1. The average molecular weight is 423 g/mol.